The van der Waals surface area contributed by atoms with Gasteiger partial charge in [0.2, 0.25) is 0 Å². The molecule has 1 aromatic carbocycles. The maximum Gasteiger partial charge on any atom is 0.315 e. The second-order valence-electron chi connectivity index (χ2n) is 3.21. The molecular weight excluding hydrogens is 226 g/mol. The molecule has 0 amide bonds. The summed E-state index contributed by atoms with van der Waals surface area (Å²) in [4.78, 5) is 13.2. The van der Waals surface area contributed by atoms with E-state index in [0.717, 1.165) is 0 Å². The predicted octanol–water partition coefficient (Wildman–Crippen LogP) is 1.49. The Morgan fingerprint density at radius 1 is 1.47 bits per heavy atom. The average molecular weight is 237 g/mol. The van der Waals surface area contributed by atoms with E-state index in [9.17, 15) is 9.90 Å². The van der Waals surface area contributed by atoms with E-state index < -0.39 is 18.1 Å². The summed E-state index contributed by atoms with van der Waals surface area (Å²) < 4.78 is 4.92. The van der Waals surface area contributed by atoms with Gasteiger partial charge in [-0.3, -0.25) is 4.79 Å². The van der Waals surface area contributed by atoms with E-state index in [-0.39, 0.29) is 0 Å². The van der Waals surface area contributed by atoms with Gasteiger partial charge in [-0.2, -0.15) is 0 Å². The predicted molar refractivity (Wildman–Crippen MR) is 58.5 cm³/mol. The molecule has 0 saturated heterocycles. The molecule has 0 heterocycles. The van der Waals surface area contributed by atoms with Gasteiger partial charge in [0.15, 0.2) is 6.04 Å². The molecule has 7 heteroatoms. The van der Waals surface area contributed by atoms with Crippen LogP contribution in [0.25, 0.3) is 10.4 Å². The average Bonchev–Trinajstić information content (AvgIpc) is 2.35. The fraction of sp³-hybridized carbons (Fsp3) is 0.300. The van der Waals surface area contributed by atoms with Crippen molar-refractivity contribution in [3.05, 3.63) is 40.3 Å². The van der Waals surface area contributed by atoms with E-state index in [2.05, 4.69) is 10.0 Å². The molecule has 0 aliphatic heterocycles. The van der Waals surface area contributed by atoms with Crippen LogP contribution >= 0.6 is 0 Å². The van der Waals surface area contributed by atoms with Crippen LogP contribution in [0.1, 0.15) is 11.7 Å². The van der Waals surface area contributed by atoms with Crippen molar-refractivity contribution >= 4 is 5.97 Å². The Bertz CT molecular complexity index is 437. The number of azide groups is 1. The molecule has 7 nitrogen and oxygen atoms in total. The quantitative estimate of drug-likeness (QED) is 0.458. The van der Waals surface area contributed by atoms with Gasteiger partial charge in [-0.15, -0.1) is 0 Å². The zero-order chi connectivity index (χ0) is 12.8. The number of aliphatic carboxylic acids is 1. The second kappa shape index (κ2) is 5.74. The molecule has 0 aliphatic rings. The summed E-state index contributed by atoms with van der Waals surface area (Å²) in [5.41, 5.74) is 8.57. The maximum atomic E-state index is 10.8. The molecule has 0 fully saturated rings. The molecule has 0 bridgehead atoms. The van der Waals surface area contributed by atoms with Crippen molar-refractivity contribution in [2.24, 2.45) is 5.11 Å². The number of benzene rings is 1. The number of carboxylic acids is 1. The lowest BCUT2D eigenvalue weighted by Gasteiger charge is -2.15. The van der Waals surface area contributed by atoms with Gasteiger partial charge in [0.05, 0.1) is 13.2 Å². The van der Waals surface area contributed by atoms with E-state index in [1.165, 1.54) is 19.2 Å². The second-order valence-corrected chi connectivity index (χ2v) is 3.21. The topological polar surface area (TPSA) is 116 Å². The third kappa shape index (κ3) is 3.10. The van der Waals surface area contributed by atoms with Crippen molar-refractivity contribution in [3.63, 3.8) is 0 Å². The van der Waals surface area contributed by atoms with Gasteiger partial charge in [-0.05, 0) is 23.2 Å². The normalized spacial score (nSPS) is 13.3. The van der Waals surface area contributed by atoms with Crippen LogP contribution in [0.5, 0.6) is 5.75 Å². The van der Waals surface area contributed by atoms with Crippen LogP contribution in [0.3, 0.4) is 0 Å². The van der Waals surface area contributed by atoms with E-state index >= 15 is 0 Å². The van der Waals surface area contributed by atoms with Crippen molar-refractivity contribution in [1.29, 1.82) is 0 Å². The van der Waals surface area contributed by atoms with Crippen molar-refractivity contribution in [1.82, 2.24) is 0 Å². The highest BCUT2D eigenvalue weighted by Gasteiger charge is 2.26. The molecule has 2 atom stereocenters. The minimum absolute atomic E-state index is 0.339. The highest BCUT2D eigenvalue weighted by molar-refractivity contribution is 5.74. The number of carboxylic acid groups (broad SMARTS) is 1. The third-order valence-corrected chi connectivity index (χ3v) is 2.19. The number of methoxy groups -OCH3 is 1. The van der Waals surface area contributed by atoms with Gasteiger partial charge in [-0.1, -0.05) is 17.2 Å². The molecule has 0 aromatic heterocycles. The first-order valence-electron chi connectivity index (χ1n) is 4.69. The number of rotatable bonds is 5. The van der Waals surface area contributed by atoms with Gasteiger partial charge < -0.3 is 14.9 Å². The third-order valence-electron chi connectivity index (χ3n) is 2.19. The SMILES string of the molecule is COc1ccc([C@H](O)[C@@H](N=[N+]=[N-])C(=O)O)cc1. The molecule has 1 rings (SSSR count). The zero-order valence-electron chi connectivity index (χ0n) is 9.02. The molecule has 0 radical (unpaired) electrons. The van der Waals surface area contributed by atoms with Crippen LogP contribution in [0.2, 0.25) is 0 Å². The Balaban J connectivity index is 2.96. The van der Waals surface area contributed by atoms with Crippen LogP contribution in [0.4, 0.5) is 0 Å². The number of ether oxygens (including phenoxy) is 1. The number of carbonyl (C=O) groups is 1. The fourth-order valence-corrected chi connectivity index (χ4v) is 1.29. The molecule has 90 valence electrons. The molecule has 2 N–H and O–H groups in total. The van der Waals surface area contributed by atoms with E-state index in [1.54, 1.807) is 12.1 Å². The highest BCUT2D eigenvalue weighted by atomic mass is 16.5. The van der Waals surface area contributed by atoms with Crippen LogP contribution in [0.15, 0.2) is 29.4 Å². The Labute approximate surface area is 96.9 Å². The Kier molecular flexibility index (Phi) is 4.33. The summed E-state index contributed by atoms with van der Waals surface area (Å²) in [5.74, 6) is -0.803. The first kappa shape index (κ1) is 12.8. The lowest BCUT2D eigenvalue weighted by molar-refractivity contribution is -0.141. The molecule has 0 spiro atoms. The summed E-state index contributed by atoms with van der Waals surface area (Å²) in [5, 5.41) is 21.6. The first-order valence-corrected chi connectivity index (χ1v) is 4.69. The van der Waals surface area contributed by atoms with Gasteiger partial charge >= 0.3 is 5.97 Å². The summed E-state index contributed by atoms with van der Waals surface area (Å²) in [6.07, 6.45) is -1.39. The fourth-order valence-electron chi connectivity index (χ4n) is 1.29. The van der Waals surface area contributed by atoms with Gasteiger partial charge in [0.25, 0.3) is 0 Å². The number of hydrogen-bond acceptors (Lipinski definition) is 4. The van der Waals surface area contributed by atoms with Crippen LogP contribution < -0.4 is 4.74 Å². The van der Waals surface area contributed by atoms with Crippen LogP contribution in [0, 0.1) is 0 Å². The van der Waals surface area contributed by atoms with Crippen molar-refractivity contribution in [2.75, 3.05) is 7.11 Å². The molecule has 17 heavy (non-hydrogen) atoms. The Morgan fingerprint density at radius 3 is 2.47 bits per heavy atom. The van der Waals surface area contributed by atoms with E-state index in [4.69, 9.17) is 15.4 Å². The summed E-state index contributed by atoms with van der Waals surface area (Å²) in [6.45, 7) is 0. The molecule has 0 aliphatic carbocycles. The summed E-state index contributed by atoms with van der Waals surface area (Å²) >= 11 is 0. The summed E-state index contributed by atoms with van der Waals surface area (Å²) in [6, 6.07) is 4.62. The molecule has 1 aromatic rings. The monoisotopic (exact) mass is 237 g/mol. The molecular formula is C10H11N3O4. The standard InChI is InChI=1S/C10H11N3O4/c1-17-7-4-2-6(3-5-7)9(14)8(10(15)16)12-13-11/h2-5,8-9,14H,1H3,(H,15,16)/t8-,9+/m1/s1. The largest absolute Gasteiger partial charge is 0.497 e. The molecule has 0 saturated carbocycles. The van der Waals surface area contributed by atoms with Crippen molar-refractivity contribution in [3.8, 4) is 5.75 Å². The maximum absolute atomic E-state index is 10.8. The minimum atomic E-state index is -1.55. The number of nitrogens with zero attached hydrogens (tertiary/aromatic N) is 3. The van der Waals surface area contributed by atoms with E-state index in [0.29, 0.717) is 11.3 Å². The number of hydrogen-bond donors (Lipinski definition) is 2. The van der Waals surface area contributed by atoms with Gasteiger partial charge in [-0.25, -0.2) is 0 Å². The van der Waals surface area contributed by atoms with Crippen molar-refractivity contribution < 1.29 is 19.7 Å². The van der Waals surface area contributed by atoms with Crippen LogP contribution in [-0.2, 0) is 4.79 Å². The van der Waals surface area contributed by atoms with Crippen LogP contribution in [-0.4, -0.2) is 29.3 Å². The smallest absolute Gasteiger partial charge is 0.315 e. The number of aliphatic hydroxyl groups is 1. The van der Waals surface area contributed by atoms with E-state index in [1.807, 2.05) is 0 Å². The Morgan fingerprint density at radius 2 is 2.06 bits per heavy atom. The van der Waals surface area contributed by atoms with Gasteiger partial charge in [0.1, 0.15) is 5.75 Å². The summed E-state index contributed by atoms with van der Waals surface area (Å²) in [7, 11) is 1.49. The van der Waals surface area contributed by atoms with Gasteiger partial charge in [0, 0.05) is 4.91 Å². The lowest BCUT2D eigenvalue weighted by Crippen LogP contribution is -2.25. The molecule has 0 unspecified atom stereocenters. The first-order chi connectivity index (χ1) is 8.10. The Hall–Kier alpha value is -2.24. The van der Waals surface area contributed by atoms with Crippen molar-refractivity contribution in [2.45, 2.75) is 12.1 Å². The number of aliphatic hydroxyl groups excluding tert-OH is 1. The zero-order valence-corrected chi connectivity index (χ0v) is 9.02. The lowest BCUT2D eigenvalue weighted by atomic mass is 10.0. The minimum Gasteiger partial charge on any atom is -0.497 e. The highest BCUT2D eigenvalue weighted by Crippen LogP contribution is 2.22.